The number of amides is 1. The summed E-state index contributed by atoms with van der Waals surface area (Å²) in [7, 11) is -2.18. The van der Waals surface area contributed by atoms with E-state index in [0.717, 1.165) is 0 Å². The number of carbonyl (C=O) groups is 1. The third-order valence-electron chi connectivity index (χ3n) is 2.64. The molecule has 0 aliphatic carbocycles. The number of benzene rings is 1. The van der Waals surface area contributed by atoms with Crippen molar-refractivity contribution in [2.24, 2.45) is 5.14 Å². The van der Waals surface area contributed by atoms with Gasteiger partial charge in [0, 0.05) is 7.05 Å². The Bertz CT molecular complexity index is 582. The molecule has 0 heterocycles. The van der Waals surface area contributed by atoms with Crippen LogP contribution in [0.1, 0.15) is 17.5 Å². The number of nitrogens with one attached hydrogen (secondary N) is 1. The molecule has 0 unspecified atom stereocenters. The van der Waals surface area contributed by atoms with Crippen LogP contribution < -0.4 is 15.2 Å². The zero-order valence-electron chi connectivity index (χ0n) is 11.2. The number of sulfonamides is 1. The minimum Gasteiger partial charge on any atom is -0.493 e. The van der Waals surface area contributed by atoms with Gasteiger partial charge in [-0.15, -0.1) is 0 Å². The molecule has 6 nitrogen and oxygen atoms in total. The number of hydrogen-bond donors (Lipinski definition) is 2. The van der Waals surface area contributed by atoms with Crippen molar-refractivity contribution >= 4 is 15.9 Å². The number of hydrogen-bond acceptors (Lipinski definition) is 4. The van der Waals surface area contributed by atoms with Gasteiger partial charge in [0.1, 0.15) is 5.75 Å². The lowest BCUT2D eigenvalue weighted by Gasteiger charge is -2.12. The van der Waals surface area contributed by atoms with Crippen molar-refractivity contribution in [2.75, 3.05) is 13.7 Å². The van der Waals surface area contributed by atoms with E-state index < -0.39 is 10.0 Å². The summed E-state index contributed by atoms with van der Waals surface area (Å²) < 4.78 is 28.1. The molecule has 0 bridgehead atoms. The summed E-state index contributed by atoms with van der Waals surface area (Å²) >= 11 is 0. The summed E-state index contributed by atoms with van der Waals surface area (Å²) in [5, 5.41) is 7.60. The molecule has 1 amide bonds. The smallest absolute Gasteiger partial charge is 0.238 e. The van der Waals surface area contributed by atoms with E-state index in [4.69, 9.17) is 9.88 Å². The average molecular weight is 286 g/mol. The van der Waals surface area contributed by atoms with Gasteiger partial charge in [-0.2, -0.15) is 0 Å². The Morgan fingerprint density at radius 2 is 1.95 bits per heavy atom. The minimum atomic E-state index is -3.73. The average Bonchev–Trinajstić information content (AvgIpc) is 2.31. The largest absolute Gasteiger partial charge is 0.493 e. The Labute approximate surface area is 113 Å². The van der Waals surface area contributed by atoms with Crippen LogP contribution in [0, 0.1) is 13.8 Å². The molecule has 0 radical (unpaired) electrons. The van der Waals surface area contributed by atoms with E-state index >= 15 is 0 Å². The van der Waals surface area contributed by atoms with Crippen molar-refractivity contribution in [2.45, 2.75) is 25.2 Å². The molecular weight excluding hydrogens is 268 g/mol. The van der Waals surface area contributed by atoms with Crippen LogP contribution in [0.15, 0.2) is 17.0 Å². The van der Waals surface area contributed by atoms with E-state index in [1.807, 2.05) is 0 Å². The third kappa shape index (κ3) is 4.22. The second-order valence-electron chi connectivity index (χ2n) is 4.20. The molecule has 7 heteroatoms. The van der Waals surface area contributed by atoms with E-state index in [0.29, 0.717) is 16.9 Å². The van der Waals surface area contributed by atoms with Gasteiger partial charge in [0.2, 0.25) is 15.9 Å². The topological polar surface area (TPSA) is 98.5 Å². The Kier molecular flexibility index (Phi) is 4.90. The standard InChI is InChI=1S/C12H18N2O4S/c1-8-7-11(19(13,16)17)9(2)6-10(8)18-5-4-12(15)14-3/h6-7H,4-5H2,1-3H3,(H,14,15)(H2,13,16,17). The summed E-state index contributed by atoms with van der Waals surface area (Å²) in [6, 6.07) is 3.08. The van der Waals surface area contributed by atoms with Crippen LogP contribution in [0.5, 0.6) is 5.75 Å². The summed E-state index contributed by atoms with van der Waals surface area (Å²) in [4.78, 5) is 11.1. The number of nitrogens with two attached hydrogens (primary N) is 1. The quantitative estimate of drug-likeness (QED) is 0.821. The fraction of sp³-hybridized carbons (Fsp3) is 0.417. The first-order chi connectivity index (χ1) is 8.75. The number of ether oxygens (including phenoxy) is 1. The van der Waals surface area contributed by atoms with Gasteiger partial charge in [-0.25, -0.2) is 13.6 Å². The molecule has 0 atom stereocenters. The minimum absolute atomic E-state index is 0.0867. The number of carbonyl (C=O) groups excluding carboxylic acids is 1. The highest BCUT2D eigenvalue weighted by Crippen LogP contribution is 2.25. The highest BCUT2D eigenvalue weighted by atomic mass is 32.2. The van der Waals surface area contributed by atoms with Crippen LogP contribution in [0.3, 0.4) is 0 Å². The Hall–Kier alpha value is -1.60. The zero-order chi connectivity index (χ0) is 14.6. The lowest BCUT2D eigenvalue weighted by molar-refractivity contribution is -0.121. The van der Waals surface area contributed by atoms with Gasteiger partial charge in [-0.05, 0) is 37.1 Å². The lowest BCUT2D eigenvalue weighted by Crippen LogP contribution is -2.20. The normalized spacial score (nSPS) is 11.2. The first-order valence-corrected chi connectivity index (χ1v) is 7.27. The Balaban J connectivity index is 2.88. The summed E-state index contributed by atoms with van der Waals surface area (Å²) in [5.74, 6) is 0.435. The fourth-order valence-electron chi connectivity index (χ4n) is 1.60. The van der Waals surface area contributed by atoms with E-state index in [2.05, 4.69) is 5.32 Å². The van der Waals surface area contributed by atoms with E-state index in [-0.39, 0.29) is 23.8 Å². The molecule has 0 aliphatic heterocycles. The first-order valence-electron chi connectivity index (χ1n) is 5.73. The van der Waals surface area contributed by atoms with Crippen molar-refractivity contribution in [3.05, 3.63) is 23.3 Å². The van der Waals surface area contributed by atoms with Gasteiger partial charge in [-0.3, -0.25) is 4.79 Å². The Morgan fingerprint density at radius 3 is 2.47 bits per heavy atom. The molecule has 1 aromatic carbocycles. The molecule has 0 saturated carbocycles. The fourth-order valence-corrected chi connectivity index (χ4v) is 2.45. The van der Waals surface area contributed by atoms with Gasteiger partial charge in [0.25, 0.3) is 0 Å². The summed E-state index contributed by atoms with van der Waals surface area (Å²) in [6.45, 7) is 3.60. The molecule has 0 aromatic heterocycles. The highest BCUT2D eigenvalue weighted by molar-refractivity contribution is 7.89. The third-order valence-corrected chi connectivity index (χ3v) is 3.70. The summed E-state index contributed by atoms with van der Waals surface area (Å²) in [5.41, 5.74) is 1.18. The second kappa shape index (κ2) is 6.03. The van der Waals surface area contributed by atoms with Gasteiger partial charge in [-0.1, -0.05) is 0 Å². The number of rotatable bonds is 5. The van der Waals surface area contributed by atoms with Gasteiger partial charge < -0.3 is 10.1 Å². The maximum atomic E-state index is 11.3. The van der Waals surface area contributed by atoms with Crippen molar-refractivity contribution < 1.29 is 17.9 Å². The molecule has 0 saturated heterocycles. The molecule has 0 aliphatic rings. The van der Waals surface area contributed by atoms with E-state index in [1.165, 1.54) is 6.07 Å². The predicted molar refractivity (Wildman–Crippen MR) is 71.5 cm³/mol. The first kappa shape index (κ1) is 15.5. The summed E-state index contributed by atoms with van der Waals surface area (Å²) in [6.07, 6.45) is 0.242. The van der Waals surface area contributed by atoms with Crippen LogP contribution in [-0.4, -0.2) is 28.0 Å². The SMILES string of the molecule is CNC(=O)CCOc1cc(C)c(S(N)(=O)=O)cc1C. The van der Waals surface area contributed by atoms with E-state index in [9.17, 15) is 13.2 Å². The zero-order valence-corrected chi connectivity index (χ0v) is 12.0. The van der Waals surface area contributed by atoms with Crippen molar-refractivity contribution in [1.82, 2.24) is 5.32 Å². The predicted octanol–water partition coefficient (Wildman–Crippen LogP) is 0.466. The molecule has 0 fully saturated rings. The van der Waals surface area contributed by atoms with Crippen LogP contribution in [0.25, 0.3) is 0 Å². The maximum Gasteiger partial charge on any atom is 0.238 e. The van der Waals surface area contributed by atoms with Crippen LogP contribution >= 0.6 is 0 Å². The highest BCUT2D eigenvalue weighted by Gasteiger charge is 2.14. The number of primary sulfonamides is 1. The number of aryl methyl sites for hydroxylation is 2. The molecule has 3 N–H and O–H groups in total. The van der Waals surface area contributed by atoms with E-state index in [1.54, 1.807) is 27.0 Å². The van der Waals surface area contributed by atoms with Crippen molar-refractivity contribution in [1.29, 1.82) is 0 Å². The van der Waals surface area contributed by atoms with Gasteiger partial charge >= 0.3 is 0 Å². The van der Waals surface area contributed by atoms with Crippen molar-refractivity contribution in [3.8, 4) is 5.75 Å². The van der Waals surface area contributed by atoms with Crippen LogP contribution in [0.4, 0.5) is 0 Å². The van der Waals surface area contributed by atoms with Gasteiger partial charge in [0.15, 0.2) is 0 Å². The maximum absolute atomic E-state index is 11.3. The molecular formula is C12H18N2O4S. The molecule has 0 spiro atoms. The monoisotopic (exact) mass is 286 g/mol. The molecule has 1 rings (SSSR count). The molecule has 1 aromatic rings. The van der Waals surface area contributed by atoms with Crippen LogP contribution in [0.2, 0.25) is 0 Å². The Morgan fingerprint density at radius 1 is 1.32 bits per heavy atom. The molecule has 19 heavy (non-hydrogen) atoms. The second-order valence-corrected chi connectivity index (χ2v) is 5.73. The van der Waals surface area contributed by atoms with Crippen molar-refractivity contribution in [3.63, 3.8) is 0 Å². The lowest BCUT2D eigenvalue weighted by atomic mass is 10.1. The van der Waals surface area contributed by atoms with Crippen LogP contribution in [-0.2, 0) is 14.8 Å². The van der Waals surface area contributed by atoms with Gasteiger partial charge in [0.05, 0.1) is 17.9 Å². The molecule has 106 valence electrons.